The van der Waals surface area contributed by atoms with Crippen molar-refractivity contribution in [2.45, 2.75) is 83.8 Å². The Morgan fingerprint density at radius 2 is 1.44 bits per heavy atom. The minimum Gasteiger partial charge on any atom is -0.446 e. The van der Waals surface area contributed by atoms with Crippen molar-refractivity contribution in [1.29, 1.82) is 0 Å². The Hall–Kier alpha value is -3.45. The first-order chi connectivity index (χ1) is 18.7. The van der Waals surface area contributed by atoms with Crippen LogP contribution in [0.4, 0.5) is 50.0 Å². The molecule has 0 radical (unpaired) electrons. The van der Waals surface area contributed by atoms with Crippen molar-refractivity contribution in [1.82, 2.24) is 4.90 Å². The molecule has 1 aliphatic heterocycles. The van der Waals surface area contributed by atoms with Gasteiger partial charge >= 0.3 is 24.6 Å². The van der Waals surface area contributed by atoms with Crippen molar-refractivity contribution in [3.05, 3.63) is 64.2 Å². The first-order valence-electron chi connectivity index (χ1n) is 12.5. The fourth-order valence-electron chi connectivity index (χ4n) is 4.80. The largest absolute Gasteiger partial charge is 0.446 e. The van der Waals surface area contributed by atoms with Crippen LogP contribution in [0.1, 0.15) is 74.4 Å². The van der Waals surface area contributed by atoms with E-state index in [4.69, 9.17) is 4.74 Å². The number of benzene rings is 2. The van der Waals surface area contributed by atoms with E-state index in [1.54, 1.807) is 20.8 Å². The van der Waals surface area contributed by atoms with Crippen LogP contribution in [0.15, 0.2) is 36.4 Å². The number of carbonyl (C=O) groups is 2. The molecule has 0 saturated heterocycles. The van der Waals surface area contributed by atoms with Crippen LogP contribution in [-0.2, 0) is 34.6 Å². The van der Waals surface area contributed by atoms with E-state index >= 15 is 0 Å². The minimum atomic E-state index is -5.14. The first-order valence-corrected chi connectivity index (χ1v) is 12.5. The second kappa shape index (κ2) is 11.4. The molecule has 2 atom stereocenters. The lowest BCUT2D eigenvalue weighted by molar-refractivity contribution is -0.143. The summed E-state index contributed by atoms with van der Waals surface area (Å²) in [5.41, 5.74) is -4.99. The number of alkyl halides is 9. The van der Waals surface area contributed by atoms with Gasteiger partial charge in [-0.05, 0) is 74.2 Å². The molecular weight excluding hydrogens is 571 g/mol. The quantitative estimate of drug-likeness (QED) is 0.325. The van der Waals surface area contributed by atoms with Crippen molar-refractivity contribution in [2.75, 3.05) is 4.90 Å². The number of hydrogen-bond donors (Lipinski definition) is 0. The number of ether oxygens (including phenoxy) is 1. The maximum Gasteiger partial charge on any atom is 0.416 e. The van der Waals surface area contributed by atoms with E-state index in [0.29, 0.717) is 12.1 Å². The van der Waals surface area contributed by atoms with Gasteiger partial charge in [-0.2, -0.15) is 39.5 Å². The second-order valence-corrected chi connectivity index (χ2v) is 9.95. The van der Waals surface area contributed by atoms with Crippen LogP contribution in [0, 0.1) is 0 Å². The molecule has 41 heavy (non-hydrogen) atoms. The van der Waals surface area contributed by atoms with E-state index in [9.17, 15) is 49.1 Å². The standard InChI is InChI=1S/C27H27F9N2O3/c1-5-20-12-23(21-11-17(25(28,29)30)6-7-22(21)38(20)24(40)41-14(2)3)37(15(4)39)13-16-8-18(26(31,32)33)10-19(9-16)27(34,35)36/h6-11,14,20,23H,5,12-13H2,1-4H3/t20?,23-/m0/s1. The Labute approximate surface area is 229 Å². The Bertz CT molecular complexity index is 1250. The molecule has 1 unspecified atom stereocenters. The van der Waals surface area contributed by atoms with Crippen LogP contribution in [0.3, 0.4) is 0 Å². The highest BCUT2D eigenvalue weighted by molar-refractivity contribution is 5.91. The number of carbonyl (C=O) groups excluding carboxylic acids is 2. The van der Waals surface area contributed by atoms with Crippen LogP contribution in [0.5, 0.6) is 0 Å². The second-order valence-electron chi connectivity index (χ2n) is 9.95. The van der Waals surface area contributed by atoms with Crippen molar-refractivity contribution < 1.29 is 53.8 Å². The van der Waals surface area contributed by atoms with Gasteiger partial charge in [0, 0.05) is 19.5 Å². The molecule has 1 aliphatic rings. The van der Waals surface area contributed by atoms with E-state index in [1.807, 2.05) is 0 Å². The number of rotatable bonds is 5. The number of nitrogens with zero attached hydrogens (tertiary/aromatic N) is 2. The molecule has 2 aromatic carbocycles. The van der Waals surface area contributed by atoms with Crippen molar-refractivity contribution >= 4 is 17.7 Å². The number of anilines is 1. The molecular formula is C27H27F9N2O3. The topological polar surface area (TPSA) is 49.9 Å². The summed E-state index contributed by atoms with van der Waals surface area (Å²) in [6.07, 6.45) is -16.4. The lowest BCUT2D eigenvalue weighted by Gasteiger charge is -2.44. The summed E-state index contributed by atoms with van der Waals surface area (Å²) in [5.74, 6) is -0.808. The molecule has 1 heterocycles. The molecule has 5 nitrogen and oxygen atoms in total. The molecule has 0 saturated carbocycles. The number of hydrogen-bond acceptors (Lipinski definition) is 3. The monoisotopic (exact) mass is 598 g/mol. The molecule has 0 N–H and O–H groups in total. The zero-order valence-corrected chi connectivity index (χ0v) is 22.3. The lowest BCUT2D eigenvalue weighted by Crippen LogP contribution is -2.49. The molecule has 0 spiro atoms. The molecule has 226 valence electrons. The third kappa shape index (κ3) is 7.25. The fraction of sp³-hybridized carbons (Fsp3) is 0.481. The van der Waals surface area contributed by atoms with Crippen molar-refractivity contribution in [2.24, 2.45) is 0 Å². The molecule has 0 aliphatic carbocycles. The Balaban J connectivity index is 2.20. The highest BCUT2D eigenvalue weighted by atomic mass is 19.4. The van der Waals surface area contributed by atoms with Crippen molar-refractivity contribution in [3.8, 4) is 0 Å². The average Bonchev–Trinajstić information content (AvgIpc) is 2.83. The Morgan fingerprint density at radius 3 is 1.88 bits per heavy atom. The van der Waals surface area contributed by atoms with E-state index in [-0.39, 0.29) is 30.2 Å². The lowest BCUT2D eigenvalue weighted by atomic mass is 9.87. The summed E-state index contributed by atoms with van der Waals surface area (Å²) in [6, 6.07) is 1.44. The van der Waals surface area contributed by atoms with Gasteiger partial charge in [0.05, 0.1) is 34.5 Å². The number of halogens is 9. The van der Waals surface area contributed by atoms with Crippen molar-refractivity contribution in [3.63, 3.8) is 0 Å². The molecule has 0 fully saturated rings. The third-order valence-corrected chi connectivity index (χ3v) is 6.62. The summed E-state index contributed by atoms with van der Waals surface area (Å²) < 4.78 is 127. The van der Waals surface area contributed by atoms with Gasteiger partial charge in [0.2, 0.25) is 5.91 Å². The van der Waals surface area contributed by atoms with Crippen LogP contribution in [-0.4, -0.2) is 29.0 Å². The van der Waals surface area contributed by atoms with Gasteiger partial charge in [-0.1, -0.05) is 6.92 Å². The van der Waals surface area contributed by atoms with Gasteiger partial charge in [0.1, 0.15) is 0 Å². The van der Waals surface area contributed by atoms with Gasteiger partial charge in [-0.3, -0.25) is 9.69 Å². The van der Waals surface area contributed by atoms with Crippen LogP contribution >= 0.6 is 0 Å². The van der Waals surface area contributed by atoms with Gasteiger partial charge in [0.15, 0.2) is 0 Å². The summed E-state index contributed by atoms with van der Waals surface area (Å²) >= 11 is 0. The van der Waals surface area contributed by atoms with Crippen LogP contribution in [0.2, 0.25) is 0 Å². The molecule has 2 aromatic rings. The SMILES string of the molecule is CCC1C[C@H](N(Cc2cc(C(F)(F)F)cc(C(F)(F)F)c2)C(C)=O)c2cc(C(F)(F)F)ccc2N1C(=O)OC(C)C. The maximum absolute atomic E-state index is 13.7. The van der Waals surface area contributed by atoms with E-state index in [2.05, 4.69) is 0 Å². The summed E-state index contributed by atoms with van der Waals surface area (Å²) in [5, 5.41) is 0. The number of fused-ring (bicyclic) bond motifs is 1. The van der Waals surface area contributed by atoms with Crippen LogP contribution in [0.25, 0.3) is 0 Å². The zero-order chi connectivity index (χ0) is 31.1. The number of amides is 2. The van der Waals surface area contributed by atoms with Crippen LogP contribution < -0.4 is 4.90 Å². The normalized spacial score (nSPS) is 17.9. The Morgan fingerprint density at radius 1 is 0.902 bits per heavy atom. The van der Waals surface area contributed by atoms with Gasteiger partial charge in [-0.25, -0.2) is 4.79 Å². The molecule has 0 bridgehead atoms. The molecule has 0 aromatic heterocycles. The molecule has 3 rings (SSSR count). The summed E-state index contributed by atoms with van der Waals surface area (Å²) in [4.78, 5) is 27.9. The summed E-state index contributed by atoms with van der Waals surface area (Å²) in [7, 11) is 0. The van der Waals surface area contributed by atoms with Gasteiger partial charge < -0.3 is 9.64 Å². The van der Waals surface area contributed by atoms with E-state index < -0.39 is 77.5 Å². The third-order valence-electron chi connectivity index (χ3n) is 6.62. The maximum atomic E-state index is 13.7. The zero-order valence-electron chi connectivity index (χ0n) is 22.3. The fourth-order valence-corrected chi connectivity index (χ4v) is 4.80. The summed E-state index contributed by atoms with van der Waals surface area (Å²) in [6.45, 7) is 5.05. The molecule has 14 heteroatoms. The van der Waals surface area contributed by atoms with Gasteiger partial charge in [-0.15, -0.1) is 0 Å². The Kier molecular flexibility index (Phi) is 8.95. The van der Waals surface area contributed by atoms with E-state index in [1.165, 1.54) is 0 Å². The highest BCUT2D eigenvalue weighted by Crippen LogP contribution is 2.45. The predicted octanol–water partition coefficient (Wildman–Crippen LogP) is 8.37. The minimum absolute atomic E-state index is 0.0157. The highest BCUT2D eigenvalue weighted by Gasteiger charge is 2.42. The average molecular weight is 599 g/mol. The molecule has 2 amide bonds. The van der Waals surface area contributed by atoms with Gasteiger partial charge in [0.25, 0.3) is 0 Å². The predicted molar refractivity (Wildman–Crippen MR) is 130 cm³/mol. The smallest absolute Gasteiger partial charge is 0.416 e. The van der Waals surface area contributed by atoms with E-state index in [0.717, 1.165) is 34.9 Å². The first kappa shape index (κ1) is 32.1.